The Bertz CT molecular complexity index is 1210. The maximum atomic E-state index is 6.56. The molecule has 0 bridgehead atoms. The average molecular weight is 469 g/mol. The van der Waals surface area contributed by atoms with Crippen molar-refractivity contribution >= 4 is 28.9 Å². The van der Waals surface area contributed by atoms with Gasteiger partial charge in [-0.2, -0.15) is 5.10 Å². The Labute approximate surface area is 197 Å². The summed E-state index contributed by atoms with van der Waals surface area (Å²) in [6, 6.07) is 17.7. The van der Waals surface area contributed by atoms with Gasteiger partial charge in [0.15, 0.2) is 11.5 Å². The molecule has 3 aromatic rings. The molecule has 0 radical (unpaired) electrons. The van der Waals surface area contributed by atoms with Gasteiger partial charge < -0.3 is 14.2 Å². The number of fused-ring (bicyclic) bond motifs is 3. The number of rotatable bonds is 4. The fraction of sp³-hybridized carbons (Fsp3) is 0.240. The predicted molar refractivity (Wildman–Crippen MR) is 126 cm³/mol. The lowest BCUT2D eigenvalue weighted by Crippen LogP contribution is -2.33. The van der Waals surface area contributed by atoms with Gasteiger partial charge in [-0.05, 0) is 42.8 Å². The third kappa shape index (κ3) is 3.55. The van der Waals surface area contributed by atoms with Gasteiger partial charge in [-0.15, -0.1) is 0 Å². The average Bonchev–Trinajstić information content (AvgIpc) is 3.24. The number of aryl methyl sites for hydroxylation is 1. The van der Waals surface area contributed by atoms with Gasteiger partial charge in [-0.25, -0.2) is 5.01 Å². The lowest BCUT2D eigenvalue weighted by Gasteiger charge is -2.38. The summed E-state index contributed by atoms with van der Waals surface area (Å²) in [5.41, 5.74) is 5.11. The number of hydrogen-bond acceptors (Lipinski definition) is 5. The first kappa shape index (κ1) is 21.0. The molecule has 0 saturated carbocycles. The second-order valence-corrected chi connectivity index (χ2v) is 8.75. The maximum Gasteiger partial charge on any atom is 0.214 e. The number of halogens is 2. The Morgan fingerprint density at radius 1 is 0.969 bits per heavy atom. The van der Waals surface area contributed by atoms with E-state index in [1.165, 1.54) is 5.56 Å². The van der Waals surface area contributed by atoms with Crippen LogP contribution in [0.5, 0.6) is 17.2 Å². The van der Waals surface area contributed by atoms with E-state index in [1.54, 1.807) is 20.3 Å². The Morgan fingerprint density at radius 2 is 1.72 bits per heavy atom. The summed E-state index contributed by atoms with van der Waals surface area (Å²) in [6.45, 7) is 2.07. The zero-order chi connectivity index (χ0) is 22.4. The van der Waals surface area contributed by atoms with Crippen molar-refractivity contribution in [2.45, 2.75) is 25.6 Å². The number of benzene rings is 3. The standard InChI is InChI=1S/C25H22Cl2N2O3/c1-14-4-6-15(7-5-14)20-13-21-18-11-17(26)12-19(27)24(18)32-25(29(21)28-20)16-8-9-22(30-2)23(10-16)31-3/h4-12,21,25H,13H2,1-3H3/t21-,25+/m1/s1. The van der Waals surface area contributed by atoms with Crippen LogP contribution in [0.25, 0.3) is 0 Å². The molecule has 3 aromatic carbocycles. The van der Waals surface area contributed by atoms with E-state index >= 15 is 0 Å². The van der Waals surface area contributed by atoms with Crippen molar-refractivity contribution in [2.24, 2.45) is 5.10 Å². The highest BCUT2D eigenvalue weighted by Crippen LogP contribution is 2.51. The molecule has 2 heterocycles. The van der Waals surface area contributed by atoms with Crippen LogP contribution in [0, 0.1) is 6.92 Å². The van der Waals surface area contributed by atoms with Gasteiger partial charge in [0.1, 0.15) is 5.75 Å². The second kappa shape index (κ2) is 8.23. The number of hydrogen-bond donors (Lipinski definition) is 0. The molecule has 5 rings (SSSR count). The van der Waals surface area contributed by atoms with Crippen LogP contribution in [0.4, 0.5) is 0 Å². The van der Waals surface area contributed by atoms with Crippen LogP contribution in [0.1, 0.15) is 40.9 Å². The number of ether oxygens (including phenoxy) is 3. The zero-order valence-electron chi connectivity index (χ0n) is 17.9. The summed E-state index contributed by atoms with van der Waals surface area (Å²) in [7, 11) is 3.23. The van der Waals surface area contributed by atoms with Crippen LogP contribution >= 0.6 is 23.2 Å². The summed E-state index contributed by atoms with van der Waals surface area (Å²) in [4.78, 5) is 0. The van der Waals surface area contributed by atoms with Crippen molar-refractivity contribution in [3.8, 4) is 17.2 Å². The fourth-order valence-corrected chi connectivity index (χ4v) is 4.82. The molecule has 2 aliphatic rings. The Morgan fingerprint density at radius 3 is 2.44 bits per heavy atom. The van der Waals surface area contributed by atoms with Crippen molar-refractivity contribution < 1.29 is 14.2 Å². The van der Waals surface area contributed by atoms with Crippen LogP contribution in [0.3, 0.4) is 0 Å². The molecule has 164 valence electrons. The van der Waals surface area contributed by atoms with Crippen LogP contribution in [-0.4, -0.2) is 24.9 Å². The molecule has 0 N–H and O–H groups in total. The minimum Gasteiger partial charge on any atom is -0.493 e. The van der Waals surface area contributed by atoms with Gasteiger partial charge in [0, 0.05) is 22.6 Å². The molecule has 0 aromatic heterocycles. The van der Waals surface area contributed by atoms with E-state index < -0.39 is 6.23 Å². The summed E-state index contributed by atoms with van der Waals surface area (Å²) in [5.74, 6) is 1.91. The highest BCUT2D eigenvalue weighted by atomic mass is 35.5. The summed E-state index contributed by atoms with van der Waals surface area (Å²) in [5, 5.41) is 8.04. The van der Waals surface area contributed by atoms with Gasteiger partial charge in [-0.1, -0.05) is 53.0 Å². The van der Waals surface area contributed by atoms with Crippen LogP contribution in [0.15, 0.2) is 59.7 Å². The van der Waals surface area contributed by atoms with Gasteiger partial charge in [0.25, 0.3) is 0 Å². The quantitative estimate of drug-likeness (QED) is 0.434. The topological polar surface area (TPSA) is 43.3 Å². The Kier molecular flexibility index (Phi) is 5.39. The Hall–Kier alpha value is -2.89. The molecule has 2 atom stereocenters. The van der Waals surface area contributed by atoms with Gasteiger partial charge in [0.05, 0.1) is 31.0 Å². The first-order chi connectivity index (χ1) is 15.5. The van der Waals surface area contributed by atoms with Gasteiger partial charge >= 0.3 is 0 Å². The molecule has 0 saturated heterocycles. The van der Waals surface area contributed by atoms with E-state index in [-0.39, 0.29) is 6.04 Å². The number of hydrazone groups is 1. The third-order valence-electron chi connectivity index (χ3n) is 5.89. The van der Waals surface area contributed by atoms with Crippen molar-refractivity contribution in [2.75, 3.05) is 14.2 Å². The van der Waals surface area contributed by atoms with Gasteiger partial charge in [-0.3, -0.25) is 0 Å². The molecule has 2 aliphatic heterocycles. The molecular weight excluding hydrogens is 447 g/mol. The second-order valence-electron chi connectivity index (χ2n) is 7.90. The predicted octanol–water partition coefficient (Wildman–Crippen LogP) is 6.56. The minimum absolute atomic E-state index is 0.0515. The summed E-state index contributed by atoms with van der Waals surface area (Å²) < 4.78 is 17.3. The number of methoxy groups -OCH3 is 2. The minimum atomic E-state index is -0.478. The molecule has 0 amide bonds. The van der Waals surface area contributed by atoms with E-state index in [0.717, 1.165) is 28.8 Å². The monoisotopic (exact) mass is 468 g/mol. The van der Waals surface area contributed by atoms with E-state index in [0.29, 0.717) is 27.3 Å². The molecule has 32 heavy (non-hydrogen) atoms. The molecular formula is C25H22Cl2N2O3. The van der Waals surface area contributed by atoms with E-state index in [9.17, 15) is 0 Å². The fourth-order valence-electron chi connectivity index (χ4n) is 4.26. The SMILES string of the molecule is COc1ccc([C@@H]2Oc3c(Cl)cc(Cl)cc3[C@H]3CC(c4ccc(C)cc4)=NN32)cc1OC. The maximum absolute atomic E-state index is 6.56. The normalized spacial score (nSPS) is 19.0. The van der Waals surface area contributed by atoms with E-state index in [2.05, 4.69) is 31.2 Å². The van der Waals surface area contributed by atoms with Gasteiger partial charge in [0.2, 0.25) is 6.23 Å². The number of nitrogens with zero attached hydrogens (tertiary/aromatic N) is 2. The van der Waals surface area contributed by atoms with E-state index in [4.69, 9.17) is 42.5 Å². The lowest BCUT2D eigenvalue weighted by atomic mass is 9.95. The van der Waals surface area contributed by atoms with E-state index in [1.807, 2.05) is 29.3 Å². The third-order valence-corrected chi connectivity index (χ3v) is 6.38. The Balaban J connectivity index is 1.62. The summed E-state index contributed by atoms with van der Waals surface area (Å²) in [6.07, 6.45) is 0.244. The molecule has 0 spiro atoms. The largest absolute Gasteiger partial charge is 0.493 e. The molecule has 7 heteroatoms. The first-order valence-corrected chi connectivity index (χ1v) is 11.0. The molecule has 0 unspecified atom stereocenters. The van der Waals surface area contributed by atoms with Crippen LogP contribution in [-0.2, 0) is 0 Å². The van der Waals surface area contributed by atoms with Crippen molar-refractivity contribution in [1.82, 2.24) is 5.01 Å². The molecule has 0 aliphatic carbocycles. The molecule has 0 fully saturated rings. The lowest BCUT2D eigenvalue weighted by molar-refractivity contribution is -0.0190. The highest BCUT2D eigenvalue weighted by molar-refractivity contribution is 6.35. The van der Waals surface area contributed by atoms with Crippen molar-refractivity contribution in [3.63, 3.8) is 0 Å². The van der Waals surface area contributed by atoms with Crippen LogP contribution < -0.4 is 14.2 Å². The van der Waals surface area contributed by atoms with Crippen molar-refractivity contribution in [3.05, 3.63) is 86.9 Å². The highest BCUT2D eigenvalue weighted by Gasteiger charge is 2.42. The molecule has 5 nitrogen and oxygen atoms in total. The summed E-state index contributed by atoms with van der Waals surface area (Å²) >= 11 is 12.9. The zero-order valence-corrected chi connectivity index (χ0v) is 19.4. The smallest absolute Gasteiger partial charge is 0.214 e. The van der Waals surface area contributed by atoms with Crippen molar-refractivity contribution in [1.29, 1.82) is 0 Å². The van der Waals surface area contributed by atoms with Crippen LogP contribution in [0.2, 0.25) is 10.0 Å². The first-order valence-electron chi connectivity index (χ1n) is 10.3.